The first kappa shape index (κ1) is 27.7. The van der Waals surface area contributed by atoms with Crippen LogP contribution in [0.2, 0.25) is 5.02 Å². The Bertz CT molecular complexity index is 1840. The molecule has 4 aromatic rings. The van der Waals surface area contributed by atoms with Crippen LogP contribution in [0.25, 0.3) is 11.8 Å². The second kappa shape index (κ2) is 10.9. The molecule has 5 rings (SSSR count). The number of aryl methyl sites for hydroxylation is 2. The Balaban J connectivity index is 1.67. The van der Waals surface area contributed by atoms with Crippen LogP contribution in [0.15, 0.2) is 69.6 Å². The lowest BCUT2D eigenvalue weighted by atomic mass is 9.95. The molecule has 0 radical (unpaired) electrons. The number of fused-ring (bicyclic) bond motifs is 1. The molecule has 206 valence electrons. The molecule has 1 aliphatic heterocycles. The van der Waals surface area contributed by atoms with Gasteiger partial charge in [-0.2, -0.15) is 0 Å². The molecule has 0 amide bonds. The highest BCUT2D eigenvalue weighted by Crippen LogP contribution is 2.31. The summed E-state index contributed by atoms with van der Waals surface area (Å²) in [5.74, 6) is 0.139. The van der Waals surface area contributed by atoms with E-state index in [0.717, 1.165) is 33.8 Å². The third kappa shape index (κ3) is 4.82. The number of aromatic nitrogens is 2. The quantitative estimate of drug-likeness (QED) is 0.297. The summed E-state index contributed by atoms with van der Waals surface area (Å²) in [5, 5.41) is 0.520. The van der Waals surface area contributed by atoms with Gasteiger partial charge < -0.3 is 14.0 Å². The van der Waals surface area contributed by atoms with Crippen molar-refractivity contribution in [2.24, 2.45) is 4.99 Å². The lowest BCUT2D eigenvalue weighted by Crippen LogP contribution is -2.39. The van der Waals surface area contributed by atoms with Gasteiger partial charge in [0.15, 0.2) is 4.80 Å². The van der Waals surface area contributed by atoms with E-state index in [-0.39, 0.29) is 12.2 Å². The van der Waals surface area contributed by atoms with Gasteiger partial charge in [0.2, 0.25) is 0 Å². The number of hydrogen-bond donors (Lipinski definition) is 0. The number of benzene rings is 2. The minimum absolute atomic E-state index is 0.207. The van der Waals surface area contributed by atoms with E-state index in [0.29, 0.717) is 31.4 Å². The normalized spacial score (nSPS) is 15.2. The number of carbonyl (C=O) groups is 1. The van der Waals surface area contributed by atoms with Crippen molar-refractivity contribution in [1.29, 1.82) is 0 Å². The summed E-state index contributed by atoms with van der Waals surface area (Å²) < 4.78 is 14.9. The fraction of sp³-hybridized carbons (Fsp3) is 0.258. The number of ether oxygens (including phenoxy) is 2. The zero-order valence-electron chi connectivity index (χ0n) is 23.2. The average molecular weight is 576 g/mol. The maximum Gasteiger partial charge on any atom is 0.338 e. The van der Waals surface area contributed by atoms with Crippen molar-refractivity contribution in [3.63, 3.8) is 0 Å². The van der Waals surface area contributed by atoms with Gasteiger partial charge in [-0.05, 0) is 76.1 Å². The molecule has 0 fully saturated rings. The number of nitrogens with zero attached hydrogens (tertiary/aromatic N) is 3. The SMILES string of the molecule is CCOC(=O)C1=C(C)N=c2s/c(=C\c3cc(C)n(-c4ccc(OC)c(Cl)c4)c3C)c(=O)n2[C@H]1c1ccc(C)cc1. The van der Waals surface area contributed by atoms with E-state index >= 15 is 0 Å². The van der Waals surface area contributed by atoms with E-state index in [4.69, 9.17) is 21.1 Å². The molecule has 2 aromatic carbocycles. The summed E-state index contributed by atoms with van der Waals surface area (Å²) >= 11 is 7.71. The topological polar surface area (TPSA) is 74.8 Å². The summed E-state index contributed by atoms with van der Waals surface area (Å²) in [6.45, 7) is 9.80. The Labute approximate surface area is 241 Å². The van der Waals surface area contributed by atoms with E-state index in [1.54, 1.807) is 25.5 Å². The predicted octanol–water partition coefficient (Wildman–Crippen LogP) is 5.18. The summed E-state index contributed by atoms with van der Waals surface area (Å²) in [4.78, 5) is 32.3. The summed E-state index contributed by atoms with van der Waals surface area (Å²) in [6.07, 6.45) is 1.89. The minimum atomic E-state index is -0.632. The largest absolute Gasteiger partial charge is 0.495 e. The molecule has 7 nitrogen and oxygen atoms in total. The molecule has 1 aliphatic rings. The summed E-state index contributed by atoms with van der Waals surface area (Å²) in [6, 6.07) is 14.9. The van der Waals surface area contributed by atoms with Gasteiger partial charge in [0.1, 0.15) is 5.75 Å². The van der Waals surface area contributed by atoms with Gasteiger partial charge in [-0.1, -0.05) is 52.8 Å². The van der Waals surface area contributed by atoms with Crippen LogP contribution in [0.4, 0.5) is 0 Å². The van der Waals surface area contributed by atoms with Crippen molar-refractivity contribution in [3.8, 4) is 11.4 Å². The van der Waals surface area contributed by atoms with Gasteiger partial charge in [-0.25, -0.2) is 9.79 Å². The molecule has 3 heterocycles. The highest BCUT2D eigenvalue weighted by atomic mass is 35.5. The Kier molecular flexibility index (Phi) is 7.57. The molecule has 0 N–H and O–H groups in total. The number of methoxy groups -OCH3 is 1. The van der Waals surface area contributed by atoms with E-state index < -0.39 is 12.0 Å². The number of hydrogen-bond acceptors (Lipinski definition) is 6. The van der Waals surface area contributed by atoms with Crippen molar-refractivity contribution in [2.45, 2.75) is 40.7 Å². The number of carbonyl (C=O) groups excluding carboxylic acids is 1. The van der Waals surface area contributed by atoms with E-state index in [2.05, 4.69) is 9.56 Å². The van der Waals surface area contributed by atoms with Crippen LogP contribution in [-0.2, 0) is 9.53 Å². The summed E-state index contributed by atoms with van der Waals surface area (Å²) in [7, 11) is 1.58. The minimum Gasteiger partial charge on any atom is -0.495 e. The highest BCUT2D eigenvalue weighted by molar-refractivity contribution is 7.07. The van der Waals surface area contributed by atoms with Gasteiger partial charge >= 0.3 is 5.97 Å². The van der Waals surface area contributed by atoms with Crippen LogP contribution in [0.3, 0.4) is 0 Å². The molecule has 0 saturated carbocycles. The van der Waals surface area contributed by atoms with Crippen molar-refractivity contribution < 1.29 is 14.3 Å². The maximum atomic E-state index is 14.0. The molecule has 1 atom stereocenters. The standard InChI is InChI=1S/C31H30ClN3O4S/c1-7-39-30(37)27-19(4)33-31-35(28(27)21-10-8-17(2)9-11-21)29(36)26(40-31)15-22-14-18(3)34(20(22)5)23-12-13-25(38-6)24(32)16-23/h8-16,28H,7H2,1-6H3/b26-15-/t28-/m0/s1. The first-order valence-electron chi connectivity index (χ1n) is 12.9. The monoisotopic (exact) mass is 575 g/mol. The van der Waals surface area contributed by atoms with Crippen molar-refractivity contribution >= 4 is 35.0 Å². The van der Waals surface area contributed by atoms with E-state index in [9.17, 15) is 9.59 Å². The number of halogens is 1. The molecule has 0 aliphatic carbocycles. The Hall–Kier alpha value is -3.88. The first-order chi connectivity index (χ1) is 19.1. The van der Waals surface area contributed by atoms with E-state index in [1.807, 2.05) is 75.4 Å². The number of allylic oxidation sites excluding steroid dienone is 1. The third-order valence-corrected chi connectivity index (χ3v) is 8.34. The fourth-order valence-electron chi connectivity index (χ4n) is 5.12. The second-order valence-electron chi connectivity index (χ2n) is 9.69. The van der Waals surface area contributed by atoms with Crippen molar-refractivity contribution in [3.05, 3.63) is 113 Å². The molecule has 0 unspecified atom stereocenters. The second-order valence-corrected chi connectivity index (χ2v) is 11.1. The Morgan fingerprint density at radius 1 is 1.10 bits per heavy atom. The smallest absolute Gasteiger partial charge is 0.338 e. The van der Waals surface area contributed by atoms with Gasteiger partial charge in [0.05, 0.1) is 40.6 Å². The molecule has 2 aromatic heterocycles. The van der Waals surface area contributed by atoms with Crippen molar-refractivity contribution in [2.75, 3.05) is 13.7 Å². The van der Waals surface area contributed by atoms with Gasteiger partial charge in [-0.3, -0.25) is 9.36 Å². The molecular weight excluding hydrogens is 546 g/mol. The number of rotatable bonds is 6. The molecule has 40 heavy (non-hydrogen) atoms. The van der Waals surface area contributed by atoms with Gasteiger partial charge in [0.25, 0.3) is 5.56 Å². The van der Waals surface area contributed by atoms with Crippen LogP contribution < -0.4 is 19.6 Å². The lowest BCUT2D eigenvalue weighted by molar-refractivity contribution is -0.139. The van der Waals surface area contributed by atoms with Gasteiger partial charge in [-0.15, -0.1) is 0 Å². The first-order valence-corrected chi connectivity index (χ1v) is 14.1. The molecule has 0 bridgehead atoms. The average Bonchev–Trinajstić information content (AvgIpc) is 3.37. The van der Waals surface area contributed by atoms with E-state index in [1.165, 1.54) is 11.3 Å². The zero-order valence-corrected chi connectivity index (χ0v) is 24.8. The predicted molar refractivity (Wildman–Crippen MR) is 158 cm³/mol. The van der Waals surface area contributed by atoms with Crippen LogP contribution >= 0.6 is 22.9 Å². The Morgan fingerprint density at radius 2 is 1.82 bits per heavy atom. The van der Waals surface area contributed by atoms with Crippen LogP contribution in [0.5, 0.6) is 5.75 Å². The summed E-state index contributed by atoms with van der Waals surface area (Å²) in [5.41, 5.74) is 6.39. The highest BCUT2D eigenvalue weighted by Gasteiger charge is 2.33. The zero-order chi connectivity index (χ0) is 28.7. The molecular formula is C31H30ClN3O4S. The fourth-order valence-corrected chi connectivity index (χ4v) is 6.41. The number of thiazole rings is 1. The van der Waals surface area contributed by atoms with Crippen LogP contribution in [0.1, 0.15) is 48.0 Å². The van der Waals surface area contributed by atoms with Crippen LogP contribution in [0, 0.1) is 20.8 Å². The lowest BCUT2D eigenvalue weighted by Gasteiger charge is -2.24. The third-order valence-electron chi connectivity index (χ3n) is 7.06. The van der Waals surface area contributed by atoms with Crippen molar-refractivity contribution in [1.82, 2.24) is 9.13 Å². The molecule has 0 saturated heterocycles. The van der Waals surface area contributed by atoms with Gasteiger partial charge in [0, 0.05) is 17.1 Å². The Morgan fingerprint density at radius 3 is 2.48 bits per heavy atom. The number of esters is 1. The maximum absolute atomic E-state index is 14.0. The molecule has 9 heteroatoms. The molecule has 0 spiro atoms. The van der Waals surface area contributed by atoms with Crippen LogP contribution in [-0.4, -0.2) is 28.8 Å².